The first-order valence-corrected chi connectivity index (χ1v) is 7.76. The second-order valence-corrected chi connectivity index (χ2v) is 6.66. The third kappa shape index (κ3) is 3.20. The number of nitrogen functional groups attached to an aromatic ring is 1. The van der Waals surface area contributed by atoms with Crippen LogP contribution in [0.4, 0.5) is 5.82 Å². The lowest BCUT2D eigenvalue weighted by atomic mass is 10.1. The van der Waals surface area contributed by atoms with E-state index >= 15 is 0 Å². The number of benzene rings is 1. The molecule has 3 aromatic rings. The molecule has 24 heavy (non-hydrogen) atoms. The molecule has 1 aromatic carbocycles. The van der Waals surface area contributed by atoms with Crippen LogP contribution in [0.2, 0.25) is 0 Å². The lowest BCUT2D eigenvalue weighted by molar-refractivity contribution is 0.0460. The van der Waals surface area contributed by atoms with Crippen LogP contribution >= 0.6 is 0 Å². The number of nitrogens with two attached hydrogens (primary N) is 1. The largest absolute Gasteiger partial charge is 0.389 e. The number of ether oxygens (including phenoxy) is 1. The van der Waals surface area contributed by atoms with Crippen LogP contribution in [0.15, 0.2) is 24.3 Å². The van der Waals surface area contributed by atoms with E-state index in [1.165, 1.54) is 13.8 Å². The average Bonchev–Trinajstić information content (AvgIpc) is 2.84. The number of nitrogens with zero attached hydrogens (tertiary/aromatic N) is 3. The van der Waals surface area contributed by atoms with E-state index in [1.807, 2.05) is 24.3 Å². The van der Waals surface area contributed by atoms with Gasteiger partial charge in [0.15, 0.2) is 5.82 Å². The van der Waals surface area contributed by atoms with Gasteiger partial charge < -0.3 is 20.1 Å². The molecule has 0 fully saturated rings. The number of pyridine rings is 1. The fourth-order valence-corrected chi connectivity index (χ4v) is 2.63. The summed E-state index contributed by atoms with van der Waals surface area (Å²) in [7, 11) is 0. The molecule has 3 N–H and O–H groups in total. The van der Waals surface area contributed by atoms with Crippen LogP contribution in [0.5, 0.6) is 0 Å². The Balaban J connectivity index is 2.38. The summed E-state index contributed by atoms with van der Waals surface area (Å²) in [4.78, 5) is 8.73. The van der Waals surface area contributed by atoms with Gasteiger partial charge in [-0.2, -0.15) is 0 Å². The zero-order chi connectivity index (χ0) is 20.2. The van der Waals surface area contributed by atoms with E-state index in [4.69, 9.17) is 14.6 Å². The number of fused-ring (bicyclic) bond motifs is 3. The van der Waals surface area contributed by atoms with Crippen LogP contribution in [0.25, 0.3) is 21.9 Å². The Labute approximate surface area is 145 Å². The maximum absolute atomic E-state index is 10.4. The van der Waals surface area contributed by atoms with Gasteiger partial charge in [0, 0.05) is 5.39 Å². The Bertz CT molecular complexity index is 1000. The molecule has 2 aromatic heterocycles. The molecular formula is C18H24N4O2. The smallest absolute Gasteiger partial charge is 0.152 e. The minimum atomic E-state index is -2.37. The van der Waals surface area contributed by atoms with Gasteiger partial charge in [0.25, 0.3) is 0 Å². The van der Waals surface area contributed by atoms with E-state index in [2.05, 4.69) is 9.97 Å². The molecule has 0 saturated heterocycles. The molecule has 0 bridgehead atoms. The van der Waals surface area contributed by atoms with Crippen molar-refractivity contribution in [2.24, 2.45) is 0 Å². The molecule has 3 rings (SSSR count). The quantitative estimate of drug-likeness (QED) is 0.751. The number of aromatic nitrogens is 3. The van der Waals surface area contributed by atoms with Crippen molar-refractivity contribution in [2.45, 2.75) is 52.5 Å². The average molecular weight is 331 g/mol. The van der Waals surface area contributed by atoms with Crippen molar-refractivity contribution in [1.29, 1.82) is 0 Å². The van der Waals surface area contributed by atoms with Crippen LogP contribution in [0.3, 0.4) is 0 Å². The Kier molecular flexibility index (Phi) is 3.31. The molecule has 6 nitrogen and oxygen atoms in total. The zero-order valence-corrected chi connectivity index (χ0v) is 14.3. The molecule has 0 atom stereocenters. The topological polar surface area (TPSA) is 86.2 Å². The first-order chi connectivity index (χ1) is 12.3. The molecule has 128 valence electrons. The van der Waals surface area contributed by atoms with Gasteiger partial charge >= 0.3 is 0 Å². The summed E-state index contributed by atoms with van der Waals surface area (Å²) in [5.41, 5.74) is 6.50. The van der Waals surface area contributed by atoms with E-state index in [0.29, 0.717) is 16.6 Å². The highest BCUT2D eigenvalue weighted by molar-refractivity contribution is 6.06. The van der Waals surface area contributed by atoms with Gasteiger partial charge in [0.05, 0.1) is 33.4 Å². The van der Waals surface area contributed by atoms with Gasteiger partial charge in [-0.1, -0.05) is 18.2 Å². The van der Waals surface area contributed by atoms with Gasteiger partial charge in [-0.05, 0) is 33.8 Å². The van der Waals surface area contributed by atoms with Gasteiger partial charge in [0.2, 0.25) is 0 Å². The molecule has 2 heterocycles. The summed E-state index contributed by atoms with van der Waals surface area (Å²) in [6.07, 6.45) is -1.48. The molecular weight excluding hydrogens is 304 g/mol. The van der Waals surface area contributed by atoms with Crippen molar-refractivity contribution in [1.82, 2.24) is 14.5 Å². The monoisotopic (exact) mass is 331 g/mol. The SMILES string of the molecule is [2H]C(C)(C)OC([2H])([2H])c1nc2c(N)nc3ccccc3c2n1CC(C)(C)O. The summed E-state index contributed by atoms with van der Waals surface area (Å²) in [6.45, 7) is 3.83. The molecule has 0 amide bonds. The third-order valence-electron chi connectivity index (χ3n) is 3.50. The van der Waals surface area contributed by atoms with Gasteiger partial charge in [-0.25, -0.2) is 9.97 Å². The predicted octanol–water partition coefficient (Wildman–Crippen LogP) is 2.86. The second kappa shape index (κ2) is 6.03. The van der Waals surface area contributed by atoms with Crippen molar-refractivity contribution in [3.8, 4) is 0 Å². The molecule has 0 aliphatic rings. The third-order valence-corrected chi connectivity index (χ3v) is 3.50. The first-order valence-electron chi connectivity index (χ1n) is 9.26. The normalized spacial score (nSPS) is 15.5. The molecule has 0 radical (unpaired) electrons. The fraction of sp³-hybridized carbons (Fsp3) is 0.444. The lowest BCUT2D eigenvalue weighted by Crippen LogP contribution is -2.27. The van der Waals surface area contributed by atoms with Crippen LogP contribution in [-0.4, -0.2) is 31.3 Å². The first kappa shape index (κ1) is 13.1. The Morgan fingerprint density at radius 3 is 2.75 bits per heavy atom. The summed E-state index contributed by atoms with van der Waals surface area (Å²) in [5, 5.41) is 11.2. The highest BCUT2D eigenvalue weighted by atomic mass is 16.5. The van der Waals surface area contributed by atoms with Crippen LogP contribution in [-0.2, 0) is 17.8 Å². The van der Waals surface area contributed by atoms with Crippen molar-refractivity contribution in [2.75, 3.05) is 5.73 Å². The molecule has 6 heteroatoms. The fourth-order valence-electron chi connectivity index (χ4n) is 2.63. The van der Waals surface area contributed by atoms with Crippen molar-refractivity contribution in [3.05, 3.63) is 30.1 Å². The van der Waals surface area contributed by atoms with Gasteiger partial charge in [0.1, 0.15) is 17.9 Å². The van der Waals surface area contributed by atoms with E-state index < -0.39 is 18.2 Å². The maximum Gasteiger partial charge on any atom is 0.152 e. The van der Waals surface area contributed by atoms with Crippen LogP contribution < -0.4 is 5.73 Å². The minimum absolute atomic E-state index is 0.0631. The second-order valence-electron chi connectivity index (χ2n) is 6.66. The Morgan fingerprint density at radius 1 is 1.38 bits per heavy atom. The number of para-hydroxylation sites is 1. The van der Waals surface area contributed by atoms with Gasteiger partial charge in [-0.3, -0.25) is 0 Å². The summed E-state index contributed by atoms with van der Waals surface area (Å²) in [5.74, 6) is 0.102. The Morgan fingerprint density at radius 2 is 2.08 bits per heavy atom. The van der Waals surface area contributed by atoms with E-state index in [1.54, 1.807) is 18.4 Å². The van der Waals surface area contributed by atoms with Crippen molar-refractivity contribution < 1.29 is 14.0 Å². The maximum atomic E-state index is 10.4. The number of anilines is 1. The number of hydrogen-bond acceptors (Lipinski definition) is 5. The molecule has 0 aliphatic heterocycles. The predicted molar refractivity (Wildman–Crippen MR) is 95.7 cm³/mol. The van der Waals surface area contributed by atoms with Crippen molar-refractivity contribution >= 4 is 27.8 Å². The van der Waals surface area contributed by atoms with E-state index in [9.17, 15) is 5.11 Å². The number of aliphatic hydroxyl groups is 1. The summed E-state index contributed by atoms with van der Waals surface area (Å²) >= 11 is 0. The summed E-state index contributed by atoms with van der Waals surface area (Å²) in [6, 6.07) is 7.34. The minimum Gasteiger partial charge on any atom is -0.389 e. The number of imidazole rings is 1. The number of rotatable bonds is 5. The lowest BCUT2D eigenvalue weighted by Gasteiger charge is -2.21. The Hall–Kier alpha value is -2.18. The van der Waals surface area contributed by atoms with E-state index in [-0.39, 0.29) is 18.2 Å². The molecule has 0 unspecified atom stereocenters. The molecule has 0 spiro atoms. The highest BCUT2D eigenvalue weighted by Crippen LogP contribution is 2.30. The molecule has 0 aliphatic carbocycles. The standard InChI is InChI=1S/C18H24N4O2/c1-11(2)24-9-14-21-15-16(22(14)10-18(3,4)23)12-7-5-6-8-13(12)20-17(15)19/h5-8,11,23H,9-10H2,1-4H3,(H2,19,20)/i9D2,11D. The van der Waals surface area contributed by atoms with Crippen LogP contribution in [0.1, 0.15) is 37.6 Å². The van der Waals surface area contributed by atoms with E-state index in [0.717, 1.165) is 5.39 Å². The van der Waals surface area contributed by atoms with Gasteiger partial charge in [-0.15, -0.1) is 0 Å². The van der Waals surface area contributed by atoms with Crippen LogP contribution in [0, 0.1) is 0 Å². The molecule has 0 saturated carbocycles. The highest BCUT2D eigenvalue weighted by Gasteiger charge is 2.22. The number of hydrogen-bond donors (Lipinski definition) is 2. The zero-order valence-electron chi connectivity index (χ0n) is 17.3. The van der Waals surface area contributed by atoms with Crippen molar-refractivity contribution in [3.63, 3.8) is 0 Å². The summed E-state index contributed by atoms with van der Waals surface area (Å²) < 4.78 is 31.6.